The average molecular weight is 252 g/mol. The molecule has 1 atom stereocenters. The number of fused-ring (bicyclic) bond motifs is 1. The van der Waals surface area contributed by atoms with Crippen molar-refractivity contribution in [3.63, 3.8) is 0 Å². The second kappa shape index (κ2) is 4.03. The molecule has 2 aromatic rings. The molecule has 3 rings (SSSR count). The van der Waals surface area contributed by atoms with Gasteiger partial charge in [-0.15, -0.1) is 11.3 Å². The van der Waals surface area contributed by atoms with Crippen molar-refractivity contribution in [2.45, 2.75) is 18.9 Å². The van der Waals surface area contributed by atoms with Crippen LogP contribution in [-0.4, -0.2) is 9.97 Å². The first kappa shape index (κ1) is 10.1. The van der Waals surface area contributed by atoms with Crippen LogP contribution in [0.15, 0.2) is 24.8 Å². The molecule has 5 heteroatoms. The lowest BCUT2D eigenvalue weighted by atomic mass is 10.2. The molecule has 0 aromatic carbocycles. The summed E-state index contributed by atoms with van der Waals surface area (Å²) in [7, 11) is 0. The van der Waals surface area contributed by atoms with E-state index < -0.39 is 0 Å². The summed E-state index contributed by atoms with van der Waals surface area (Å²) in [6.45, 7) is 0. The average Bonchev–Trinajstić information content (AvgIpc) is 2.81. The Labute approximate surface area is 103 Å². The van der Waals surface area contributed by atoms with Crippen LogP contribution in [0.1, 0.15) is 22.9 Å². The first-order valence-electron chi connectivity index (χ1n) is 5.12. The predicted octanol–water partition coefficient (Wildman–Crippen LogP) is 3.29. The normalized spacial score (nSPS) is 18.4. The van der Waals surface area contributed by atoms with Gasteiger partial charge < -0.3 is 5.32 Å². The molecular weight excluding hydrogens is 242 g/mol. The van der Waals surface area contributed by atoms with Crippen LogP contribution >= 0.6 is 22.9 Å². The predicted molar refractivity (Wildman–Crippen MR) is 66.0 cm³/mol. The third-order valence-corrected chi connectivity index (χ3v) is 4.09. The minimum Gasteiger partial charge on any atom is -0.376 e. The quantitative estimate of drug-likeness (QED) is 0.890. The van der Waals surface area contributed by atoms with Crippen LogP contribution in [0.2, 0.25) is 4.34 Å². The fourth-order valence-electron chi connectivity index (χ4n) is 2.05. The maximum Gasteiger partial charge on any atom is 0.115 e. The number of hydrogen-bond donors (Lipinski definition) is 1. The summed E-state index contributed by atoms with van der Waals surface area (Å²) in [6.07, 6.45) is 7.34. The maximum absolute atomic E-state index is 6.01. The molecule has 0 radical (unpaired) electrons. The van der Waals surface area contributed by atoms with E-state index in [1.807, 2.05) is 0 Å². The minimum absolute atomic E-state index is 0.352. The van der Waals surface area contributed by atoms with Crippen LogP contribution in [0, 0.1) is 0 Å². The van der Waals surface area contributed by atoms with E-state index in [4.69, 9.17) is 11.6 Å². The lowest BCUT2D eigenvalue weighted by molar-refractivity contribution is 0.760. The van der Waals surface area contributed by atoms with Gasteiger partial charge in [-0.25, -0.2) is 9.97 Å². The van der Waals surface area contributed by atoms with Gasteiger partial charge in [0.15, 0.2) is 0 Å². The maximum atomic E-state index is 6.01. The van der Waals surface area contributed by atoms with Crippen LogP contribution in [0.5, 0.6) is 0 Å². The Morgan fingerprint density at radius 1 is 1.38 bits per heavy atom. The Kier molecular flexibility index (Phi) is 2.53. The molecule has 0 aliphatic heterocycles. The Balaban J connectivity index is 1.83. The van der Waals surface area contributed by atoms with Crippen molar-refractivity contribution in [3.05, 3.63) is 39.6 Å². The second-order valence-electron chi connectivity index (χ2n) is 3.79. The molecule has 0 bridgehead atoms. The summed E-state index contributed by atoms with van der Waals surface area (Å²) in [5.74, 6) is 0. The lowest BCUT2D eigenvalue weighted by Gasteiger charge is -2.13. The largest absolute Gasteiger partial charge is 0.376 e. The van der Waals surface area contributed by atoms with Gasteiger partial charge in [-0.1, -0.05) is 11.6 Å². The number of aromatic nitrogens is 2. The van der Waals surface area contributed by atoms with Gasteiger partial charge in [-0.3, -0.25) is 0 Å². The molecular formula is C11H10ClN3S. The van der Waals surface area contributed by atoms with E-state index in [2.05, 4.69) is 21.4 Å². The van der Waals surface area contributed by atoms with Crippen LogP contribution < -0.4 is 5.32 Å². The fourth-order valence-corrected chi connectivity index (χ4v) is 3.41. The third-order valence-electron chi connectivity index (χ3n) is 2.75. The zero-order valence-corrected chi connectivity index (χ0v) is 10.1. The fraction of sp³-hybridized carbons (Fsp3) is 0.273. The number of rotatable bonds is 2. The SMILES string of the molecule is Clc1cc2c(s1)CCC2Nc1cncnc1. The molecule has 0 saturated carbocycles. The highest BCUT2D eigenvalue weighted by Gasteiger charge is 2.24. The number of anilines is 1. The zero-order chi connectivity index (χ0) is 11.0. The molecule has 0 spiro atoms. The van der Waals surface area contributed by atoms with Crippen LogP contribution in [0.3, 0.4) is 0 Å². The molecule has 16 heavy (non-hydrogen) atoms. The molecule has 1 aliphatic carbocycles. The van der Waals surface area contributed by atoms with Gasteiger partial charge in [0.1, 0.15) is 6.33 Å². The first-order valence-corrected chi connectivity index (χ1v) is 6.32. The number of nitrogens with one attached hydrogen (secondary N) is 1. The minimum atomic E-state index is 0.352. The van der Waals surface area contributed by atoms with Crippen molar-refractivity contribution in [1.82, 2.24) is 9.97 Å². The highest BCUT2D eigenvalue weighted by Crippen LogP contribution is 2.40. The van der Waals surface area contributed by atoms with Crippen LogP contribution in [-0.2, 0) is 6.42 Å². The number of halogens is 1. The second-order valence-corrected chi connectivity index (χ2v) is 5.56. The Hall–Kier alpha value is -1.13. The smallest absolute Gasteiger partial charge is 0.115 e. The van der Waals surface area contributed by atoms with E-state index in [9.17, 15) is 0 Å². The Morgan fingerprint density at radius 3 is 3.00 bits per heavy atom. The van der Waals surface area contributed by atoms with Crippen molar-refractivity contribution in [3.8, 4) is 0 Å². The summed E-state index contributed by atoms with van der Waals surface area (Å²) in [5.41, 5.74) is 2.29. The van der Waals surface area contributed by atoms with Crippen molar-refractivity contribution in [1.29, 1.82) is 0 Å². The number of hydrogen-bond acceptors (Lipinski definition) is 4. The third kappa shape index (κ3) is 1.79. The van der Waals surface area contributed by atoms with Gasteiger partial charge in [-0.2, -0.15) is 0 Å². The summed E-state index contributed by atoms with van der Waals surface area (Å²) in [6, 6.07) is 2.42. The van der Waals surface area contributed by atoms with Crippen molar-refractivity contribution < 1.29 is 0 Å². The van der Waals surface area contributed by atoms with E-state index in [1.165, 1.54) is 16.8 Å². The topological polar surface area (TPSA) is 37.8 Å². The molecule has 0 saturated heterocycles. The molecule has 2 aromatic heterocycles. The summed E-state index contributed by atoms with van der Waals surface area (Å²) >= 11 is 7.70. The van der Waals surface area contributed by atoms with Crippen molar-refractivity contribution in [2.75, 3.05) is 5.32 Å². The van der Waals surface area contributed by atoms with Crippen molar-refractivity contribution in [2.24, 2.45) is 0 Å². The highest BCUT2D eigenvalue weighted by atomic mass is 35.5. The van der Waals surface area contributed by atoms with Crippen LogP contribution in [0.25, 0.3) is 0 Å². The van der Waals surface area contributed by atoms with Gasteiger partial charge in [0, 0.05) is 4.88 Å². The number of aryl methyl sites for hydroxylation is 1. The summed E-state index contributed by atoms with van der Waals surface area (Å²) in [4.78, 5) is 9.38. The Morgan fingerprint density at radius 2 is 2.19 bits per heavy atom. The van der Waals surface area contributed by atoms with E-state index in [1.54, 1.807) is 23.7 Å². The number of thiophene rings is 1. The first-order chi connectivity index (χ1) is 7.83. The molecule has 82 valence electrons. The van der Waals surface area contributed by atoms with Gasteiger partial charge in [0.25, 0.3) is 0 Å². The molecule has 0 amide bonds. The van der Waals surface area contributed by atoms with Crippen molar-refractivity contribution >= 4 is 28.6 Å². The van der Waals surface area contributed by atoms with E-state index in [0.29, 0.717) is 6.04 Å². The van der Waals surface area contributed by atoms with E-state index in [0.717, 1.165) is 22.9 Å². The number of nitrogens with zero attached hydrogens (tertiary/aromatic N) is 2. The Bertz CT molecular complexity index is 497. The molecule has 0 fully saturated rings. The summed E-state index contributed by atoms with van der Waals surface area (Å²) in [5, 5.41) is 3.43. The van der Waals surface area contributed by atoms with Gasteiger partial charge in [-0.05, 0) is 24.5 Å². The standard InChI is InChI=1S/C11H10ClN3S/c12-11-3-8-9(1-2-10(8)16-11)15-7-4-13-6-14-5-7/h3-6,9,15H,1-2H2. The van der Waals surface area contributed by atoms with E-state index in [-0.39, 0.29) is 0 Å². The van der Waals surface area contributed by atoms with Crippen LogP contribution in [0.4, 0.5) is 5.69 Å². The zero-order valence-electron chi connectivity index (χ0n) is 8.48. The highest BCUT2D eigenvalue weighted by molar-refractivity contribution is 7.16. The lowest BCUT2D eigenvalue weighted by Crippen LogP contribution is -2.06. The molecule has 3 nitrogen and oxygen atoms in total. The molecule has 2 heterocycles. The molecule has 1 unspecified atom stereocenters. The van der Waals surface area contributed by atoms with E-state index >= 15 is 0 Å². The van der Waals surface area contributed by atoms with Gasteiger partial charge in [0.05, 0.1) is 28.5 Å². The van der Waals surface area contributed by atoms with Gasteiger partial charge in [0.2, 0.25) is 0 Å². The molecule has 1 N–H and O–H groups in total. The van der Waals surface area contributed by atoms with Gasteiger partial charge >= 0.3 is 0 Å². The molecule has 1 aliphatic rings. The summed E-state index contributed by atoms with van der Waals surface area (Å²) < 4.78 is 0.876. The monoisotopic (exact) mass is 251 g/mol.